The molecule has 19 heavy (non-hydrogen) atoms. The topological polar surface area (TPSA) is 63.0 Å². The van der Waals surface area contributed by atoms with Gasteiger partial charge in [-0.25, -0.2) is 0 Å². The van der Waals surface area contributed by atoms with Crippen LogP contribution in [0.25, 0.3) is 0 Å². The van der Waals surface area contributed by atoms with Crippen molar-refractivity contribution in [3.63, 3.8) is 0 Å². The van der Waals surface area contributed by atoms with Gasteiger partial charge in [-0.15, -0.1) is 0 Å². The van der Waals surface area contributed by atoms with Crippen molar-refractivity contribution < 1.29 is 0 Å². The fourth-order valence-corrected chi connectivity index (χ4v) is 1.74. The van der Waals surface area contributed by atoms with Crippen LogP contribution in [0.3, 0.4) is 0 Å². The summed E-state index contributed by atoms with van der Waals surface area (Å²) in [6.07, 6.45) is 2.73. The average Bonchev–Trinajstić information content (AvgIpc) is 2.38. The smallest absolute Gasteiger partial charge is 0.265 e. The Morgan fingerprint density at radius 2 is 2.05 bits per heavy atom. The van der Waals surface area contributed by atoms with E-state index in [0.717, 1.165) is 16.4 Å². The van der Waals surface area contributed by atoms with Crippen LogP contribution >= 0.6 is 12.2 Å². The third kappa shape index (κ3) is 3.23. The first-order chi connectivity index (χ1) is 9.08. The van der Waals surface area contributed by atoms with Gasteiger partial charge in [-0.05, 0) is 29.3 Å². The van der Waals surface area contributed by atoms with Crippen LogP contribution in [0.5, 0.6) is 0 Å². The van der Waals surface area contributed by atoms with Gasteiger partial charge in [0.1, 0.15) is 6.20 Å². The molecule has 6 heteroatoms. The van der Waals surface area contributed by atoms with Gasteiger partial charge < -0.3 is 0 Å². The number of hydrogen-bond acceptors (Lipinski definition) is 4. The van der Waals surface area contributed by atoms with E-state index >= 15 is 0 Å². The van der Waals surface area contributed by atoms with Gasteiger partial charge in [0.15, 0.2) is 0 Å². The number of aromatic amines is 1. The van der Waals surface area contributed by atoms with Gasteiger partial charge in [0.05, 0.1) is 6.21 Å². The maximum atomic E-state index is 11.5. The predicted octanol–water partition coefficient (Wildman–Crippen LogP) is 2.31. The third-order valence-corrected chi connectivity index (χ3v) is 2.93. The molecule has 0 atom stereocenters. The lowest BCUT2D eigenvalue weighted by Gasteiger charge is -2.04. The molecule has 2 rings (SSSR count). The van der Waals surface area contributed by atoms with Gasteiger partial charge >= 0.3 is 0 Å². The lowest BCUT2D eigenvalue weighted by atomic mass is 10.0. The zero-order chi connectivity index (χ0) is 13.8. The maximum Gasteiger partial charge on any atom is 0.293 e. The summed E-state index contributed by atoms with van der Waals surface area (Å²) >= 11 is 4.94. The lowest BCUT2D eigenvalue weighted by Crippen LogP contribution is -2.18. The van der Waals surface area contributed by atoms with Gasteiger partial charge in [-0.3, -0.25) is 9.89 Å². The molecule has 0 aliphatic heterocycles. The molecule has 0 amide bonds. The van der Waals surface area contributed by atoms with Gasteiger partial charge in [0, 0.05) is 0 Å². The fraction of sp³-hybridized carbons (Fsp3) is 0.231. The van der Waals surface area contributed by atoms with Crippen LogP contribution in [0.15, 0.2) is 40.4 Å². The molecule has 2 aromatic rings. The van der Waals surface area contributed by atoms with Crippen LogP contribution in [0.1, 0.15) is 30.9 Å². The third-order valence-electron chi connectivity index (χ3n) is 2.66. The molecule has 1 heterocycles. The number of nitrogens with one attached hydrogen (secondary N) is 1. The summed E-state index contributed by atoms with van der Waals surface area (Å²) in [4.78, 5) is 11.5. The van der Waals surface area contributed by atoms with Gasteiger partial charge in [0.25, 0.3) is 5.56 Å². The summed E-state index contributed by atoms with van der Waals surface area (Å²) in [5.41, 5.74) is 1.80. The van der Waals surface area contributed by atoms with Crippen molar-refractivity contribution in [1.82, 2.24) is 14.9 Å². The molecule has 0 saturated carbocycles. The number of rotatable bonds is 3. The van der Waals surface area contributed by atoms with Gasteiger partial charge in [0.2, 0.25) is 4.77 Å². The summed E-state index contributed by atoms with van der Waals surface area (Å²) in [7, 11) is 0. The van der Waals surface area contributed by atoms with E-state index < -0.39 is 0 Å². The van der Waals surface area contributed by atoms with E-state index in [-0.39, 0.29) is 10.3 Å². The largest absolute Gasteiger partial charge is 0.293 e. The van der Waals surface area contributed by atoms with Crippen LogP contribution in [0, 0.1) is 4.77 Å². The van der Waals surface area contributed by atoms with Crippen molar-refractivity contribution in [2.24, 2.45) is 5.10 Å². The van der Waals surface area contributed by atoms with Gasteiger partial charge in [-0.1, -0.05) is 38.1 Å². The highest BCUT2D eigenvalue weighted by Crippen LogP contribution is 2.13. The van der Waals surface area contributed by atoms with Crippen LogP contribution in [0.4, 0.5) is 0 Å². The molecule has 0 unspecified atom stereocenters. The van der Waals surface area contributed by atoms with E-state index in [1.165, 1.54) is 5.56 Å². The van der Waals surface area contributed by atoms with Crippen molar-refractivity contribution >= 4 is 18.4 Å². The Kier molecular flexibility index (Phi) is 4.01. The molecule has 0 radical (unpaired) electrons. The highest BCUT2D eigenvalue weighted by atomic mass is 32.1. The molecule has 0 spiro atoms. The van der Waals surface area contributed by atoms with Crippen LogP contribution < -0.4 is 5.56 Å². The first kappa shape index (κ1) is 13.4. The van der Waals surface area contributed by atoms with Crippen molar-refractivity contribution in [2.75, 3.05) is 0 Å². The van der Waals surface area contributed by atoms with Crippen LogP contribution in [0.2, 0.25) is 0 Å². The average molecular weight is 274 g/mol. The monoisotopic (exact) mass is 274 g/mol. The number of benzene rings is 1. The minimum atomic E-state index is -0.362. The lowest BCUT2D eigenvalue weighted by molar-refractivity contribution is 0.738. The van der Waals surface area contributed by atoms with E-state index in [1.807, 2.05) is 24.3 Å². The van der Waals surface area contributed by atoms with Crippen LogP contribution in [-0.4, -0.2) is 21.1 Å². The van der Waals surface area contributed by atoms with E-state index in [4.69, 9.17) is 12.2 Å². The molecular weight excluding hydrogens is 260 g/mol. The summed E-state index contributed by atoms with van der Waals surface area (Å²) < 4.78 is 1.26. The summed E-state index contributed by atoms with van der Waals surface area (Å²) in [5.74, 6) is 0.489. The summed E-state index contributed by atoms with van der Waals surface area (Å²) in [6.45, 7) is 4.28. The minimum Gasteiger partial charge on any atom is -0.265 e. The van der Waals surface area contributed by atoms with E-state index in [0.29, 0.717) is 5.92 Å². The first-order valence-electron chi connectivity index (χ1n) is 5.89. The Labute approximate surface area is 115 Å². The highest BCUT2D eigenvalue weighted by molar-refractivity contribution is 7.71. The second-order valence-electron chi connectivity index (χ2n) is 4.39. The predicted molar refractivity (Wildman–Crippen MR) is 77.2 cm³/mol. The number of H-pyrrole nitrogens is 1. The number of nitrogens with zero attached hydrogens (tertiary/aromatic N) is 3. The molecule has 0 fully saturated rings. The second-order valence-corrected chi connectivity index (χ2v) is 4.78. The standard InChI is InChI=1S/C13H14N4OS/c1-9(2)11-5-3-10(4-6-11)7-15-17-12(18)8-14-16-13(17)19/h3-9H,1-2H3,(H,16,19)/b15-7-. The summed E-state index contributed by atoms with van der Waals surface area (Å²) in [5, 5.41) is 10.2. The molecule has 0 saturated heterocycles. The van der Waals surface area contributed by atoms with E-state index in [1.54, 1.807) is 6.21 Å². The molecular formula is C13H14N4OS. The molecule has 0 bridgehead atoms. The zero-order valence-electron chi connectivity index (χ0n) is 10.7. The Morgan fingerprint density at radius 3 is 2.63 bits per heavy atom. The van der Waals surface area contributed by atoms with Crippen molar-refractivity contribution in [3.05, 3.63) is 56.7 Å². The fourth-order valence-electron chi connectivity index (χ4n) is 1.55. The van der Waals surface area contributed by atoms with Crippen molar-refractivity contribution in [2.45, 2.75) is 19.8 Å². The normalized spacial score (nSPS) is 11.3. The Morgan fingerprint density at radius 1 is 1.37 bits per heavy atom. The number of aromatic nitrogens is 3. The quantitative estimate of drug-likeness (QED) is 0.690. The Hall–Kier alpha value is -2.08. The second kappa shape index (κ2) is 5.71. The molecule has 1 aromatic carbocycles. The SMILES string of the molecule is CC(C)c1ccc(/C=N\n2c(=O)cn[nH]c2=S)cc1. The Bertz CT molecular complexity index is 669. The van der Waals surface area contributed by atoms with E-state index in [9.17, 15) is 4.79 Å². The van der Waals surface area contributed by atoms with Gasteiger partial charge in [-0.2, -0.15) is 14.9 Å². The van der Waals surface area contributed by atoms with Crippen LogP contribution in [-0.2, 0) is 0 Å². The van der Waals surface area contributed by atoms with E-state index in [2.05, 4.69) is 29.1 Å². The highest BCUT2D eigenvalue weighted by Gasteiger charge is 1.98. The molecule has 1 N–H and O–H groups in total. The van der Waals surface area contributed by atoms with Crippen molar-refractivity contribution in [3.8, 4) is 0 Å². The summed E-state index contributed by atoms with van der Waals surface area (Å²) in [6, 6.07) is 8.00. The molecule has 5 nitrogen and oxygen atoms in total. The molecule has 0 aliphatic rings. The number of hydrogen-bond donors (Lipinski definition) is 1. The molecule has 98 valence electrons. The first-order valence-corrected chi connectivity index (χ1v) is 6.30. The Balaban J connectivity index is 2.28. The molecule has 0 aliphatic carbocycles. The zero-order valence-corrected chi connectivity index (χ0v) is 11.5. The minimum absolute atomic E-state index is 0.169. The maximum absolute atomic E-state index is 11.5. The van der Waals surface area contributed by atoms with Crippen molar-refractivity contribution in [1.29, 1.82) is 0 Å². The molecule has 1 aromatic heterocycles.